The van der Waals surface area contributed by atoms with Crippen LogP contribution in [0.1, 0.15) is 26.7 Å². The Labute approximate surface area is 104 Å². The number of rotatable bonds is 1. The molecule has 2 aliphatic rings. The molecule has 0 aromatic rings. The molecule has 1 fully saturated rings. The van der Waals surface area contributed by atoms with Gasteiger partial charge in [0, 0.05) is 12.3 Å². The van der Waals surface area contributed by atoms with Gasteiger partial charge in [-0.3, -0.25) is 0 Å². The second-order valence-corrected chi connectivity index (χ2v) is 6.34. The highest BCUT2D eigenvalue weighted by Crippen LogP contribution is 2.56. The average Bonchev–Trinajstić information content (AvgIpc) is 2.55. The first-order valence-corrected chi connectivity index (χ1v) is 6.70. The van der Waals surface area contributed by atoms with Crippen molar-refractivity contribution in [1.29, 1.82) is 5.26 Å². The van der Waals surface area contributed by atoms with Gasteiger partial charge in [-0.15, -0.1) is 0 Å². The third kappa shape index (κ3) is 1.93. The van der Waals surface area contributed by atoms with Crippen LogP contribution < -0.4 is 5.73 Å². The lowest BCUT2D eigenvalue weighted by atomic mass is 9.69. The predicted octanol–water partition coefficient (Wildman–Crippen LogP) is 3.11. The van der Waals surface area contributed by atoms with Crippen LogP contribution in [-0.2, 0) is 0 Å². The SMILES string of the molecule is CC(C)C1CCC(F)(F)C2SC(N)=C(C#N)C12. The number of nitrogens with two attached hydrogens (primary N) is 1. The number of halogens is 2. The topological polar surface area (TPSA) is 49.8 Å². The summed E-state index contributed by atoms with van der Waals surface area (Å²) in [5.74, 6) is -2.63. The van der Waals surface area contributed by atoms with Gasteiger partial charge in [-0.2, -0.15) is 5.26 Å². The number of nitriles is 1. The molecular weight excluding hydrogens is 242 g/mol. The van der Waals surface area contributed by atoms with E-state index >= 15 is 0 Å². The maximum atomic E-state index is 13.9. The zero-order chi connectivity index (χ0) is 12.8. The fourth-order valence-corrected chi connectivity index (χ4v) is 4.29. The third-order valence-electron chi connectivity index (χ3n) is 3.84. The minimum Gasteiger partial charge on any atom is -0.393 e. The van der Waals surface area contributed by atoms with E-state index in [9.17, 15) is 8.78 Å². The van der Waals surface area contributed by atoms with Gasteiger partial charge < -0.3 is 5.73 Å². The molecule has 3 unspecified atom stereocenters. The van der Waals surface area contributed by atoms with Crippen molar-refractivity contribution in [2.24, 2.45) is 23.5 Å². The quantitative estimate of drug-likeness (QED) is 0.786. The summed E-state index contributed by atoms with van der Waals surface area (Å²) in [5.41, 5.74) is 6.11. The molecule has 2 nitrogen and oxygen atoms in total. The summed E-state index contributed by atoms with van der Waals surface area (Å²) in [6.07, 6.45) is 0.390. The molecule has 17 heavy (non-hydrogen) atoms. The number of hydrogen-bond donors (Lipinski definition) is 1. The molecule has 2 rings (SSSR count). The van der Waals surface area contributed by atoms with Crippen LogP contribution in [-0.4, -0.2) is 11.2 Å². The van der Waals surface area contributed by atoms with E-state index in [4.69, 9.17) is 11.0 Å². The molecule has 1 heterocycles. The van der Waals surface area contributed by atoms with Crippen molar-refractivity contribution >= 4 is 11.8 Å². The second-order valence-electron chi connectivity index (χ2n) is 5.16. The highest BCUT2D eigenvalue weighted by atomic mass is 32.2. The van der Waals surface area contributed by atoms with Gasteiger partial charge in [0.1, 0.15) is 0 Å². The van der Waals surface area contributed by atoms with Gasteiger partial charge in [0.2, 0.25) is 0 Å². The average molecular weight is 258 g/mol. The van der Waals surface area contributed by atoms with Gasteiger partial charge in [0.25, 0.3) is 5.92 Å². The predicted molar refractivity (Wildman–Crippen MR) is 64.2 cm³/mol. The van der Waals surface area contributed by atoms with Crippen LogP contribution in [0.2, 0.25) is 0 Å². The van der Waals surface area contributed by atoms with E-state index < -0.39 is 11.2 Å². The Morgan fingerprint density at radius 2 is 2.18 bits per heavy atom. The summed E-state index contributed by atoms with van der Waals surface area (Å²) in [4.78, 5) is 0. The first-order valence-electron chi connectivity index (χ1n) is 5.82. The summed E-state index contributed by atoms with van der Waals surface area (Å²) in [6.45, 7) is 4.05. The van der Waals surface area contributed by atoms with Gasteiger partial charge in [-0.1, -0.05) is 25.6 Å². The normalized spacial score (nSPS) is 35.9. The van der Waals surface area contributed by atoms with Crippen LogP contribution in [0.15, 0.2) is 10.6 Å². The van der Waals surface area contributed by atoms with Gasteiger partial charge in [0.15, 0.2) is 0 Å². The van der Waals surface area contributed by atoms with E-state index in [1.807, 2.05) is 19.9 Å². The summed E-state index contributed by atoms with van der Waals surface area (Å²) < 4.78 is 27.7. The molecule has 5 heteroatoms. The van der Waals surface area contributed by atoms with E-state index in [1.54, 1.807) is 0 Å². The van der Waals surface area contributed by atoms with Crippen molar-refractivity contribution in [3.8, 4) is 6.07 Å². The Morgan fingerprint density at radius 3 is 2.71 bits per heavy atom. The molecule has 2 N–H and O–H groups in total. The van der Waals surface area contributed by atoms with E-state index in [1.165, 1.54) is 0 Å². The molecule has 0 spiro atoms. The van der Waals surface area contributed by atoms with Crippen molar-refractivity contribution in [3.63, 3.8) is 0 Å². The summed E-state index contributed by atoms with van der Waals surface area (Å²) in [6, 6.07) is 2.04. The highest BCUT2D eigenvalue weighted by Gasteiger charge is 2.56. The van der Waals surface area contributed by atoms with E-state index in [0.717, 1.165) is 11.8 Å². The molecule has 0 aromatic heterocycles. The lowest BCUT2D eigenvalue weighted by molar-refractivity contribution is -0.0590. The first kappa shape index (κ1) is 12.7. The maximum absolute atomic E-state index is 13.9. The number of alkyl halides is 2. The molecular formula is C12H16F2N2S. The van der Waals surface area contributed by atoms with Gasteiger partial charge in [-0.05, 0) is 18.3 Å². The van der Waals surface area contributed by atoms with Crippen LogP contribution >= 0.6 is 11.8 Å². The third-order valence-corrected chi connectivity index (χ3v) is 5.21. The largest absolute Gasteiger partial charge is 0.393 e. The Bertz CT molecular complexity index is 398. The molecule has 94 valence electrons. The molecule has 0 bridgehead atoms. The van der Waals surface area contributed by atoms with Crippen LogP contribution in [0.25, 0.3) is 0 Å². The number of allylic oxidation sites excluding steroid dienone is 1. The zero-order valence-electron chi connectivity index (χ0n) is 9.91. The van der Waals surface area contributed by atoms with E-state index in [2.05, 4.69) is 0 Å². The van der Waals surface area contributed by atoms with Crippen LogP contribution in [0.5, 0.6) is 0 Å². The Morgan fingerprint density at radius 1 is 1.53 bits per heavy atom. The molecule has 0 saturated heterocycles. The Balaban J connectivity index is 2.39. The molecule has 1 aliphatic heterocycles. The minimum absolute atomic E-state index is 0.0873. The molecule has 0 radical (unpaired) electrons. The molecule has 0 aromatic carbocycles. The van der Waals surface area contributed by atoms with Crippen LogP contribution in [0, 0.1) is 29.1 Å². The van der Waals surface area contributed by atoms with Crippen molar-refractivity contribution in [2.75, 3.05) is 0 Å². The minimum atomic E-state index is -2.70. The fourth-order valence-electron chi connectivity index (χ4n) is 2.94. The van der Waals surface area contributed by atoms with Crippen LogP contribution in [0.3, 0.4) is 0 Å². The lowest BCUT2D eigenvalue weighted by Crippen LogP contribution is -2.45. The monoisotopic (exact) mass is 258 g/mol. The summed E-state index contributed by atoms with van der Waals surface area (Å²) in [7, 11) is 0. The zero-order valence-corrected chi connectivity index (χ0v) is 10.7. The molecule has 1 saturated carbocycles. The maximum Gasteiger partial charge on any atom is 0.260 e. The van der Waals surface area contributed by atoms with Crippen molar-refractivity contribution in [3.05, 3.63) is 10.6 Å². The number of hydrogen-bond acceptors (Lipinski definition) is 3. The number of nitrogens with zero attached hydrogens (tertiary/aromatic N) is 1. The van der Waals surface area contributed by atoms with Crippen molar-refractivity contribution in [2.45, 2.75) is 37.9 Å². The smallest absolute Gasteiger partial charge is 0.260 e. The number of thioether (sulfide) groups is 1. The van der Waals surface area contributed by atoms with Crippen LogP contribution in [0.4, 0.5) is 8.78 Å². The molecule has 3 atom stereocenters. The molecule has 1 aliphatic carbocycles. The van der Waals surface area contributed by atoms with E-state index in [0.29, 0.717) is 22.9 Å². The van der Waals surface area contributed by atoms with Gasteiger partial charge in [0.05, 0.1) is 21.9 Å². The van der Waals surface area contributed by atoms with Crippen molar-refractivity contribution < 1.29 is 8.78 Å². The summed E-state index contributed by atoms with van der Waals surface area (Å²) in [5, 5.41) is 8.56. The Kier molecular flexibility index (Phi) is 3.11. The molecule has 0 amide bonds. The highest BCUT2D eigenvalue weighted by molar-refractivity contribution is 8.04. The number of fused-ring (bicyclic) bond motifs is 1. The van der Waals surface area contributed by atoms with Gasteiger partial charge in [-0.25, -0.2) is 8.78 Å². The Hall–Kier alpha value is -0.760. The van der Waals surface area contributed by atoms with E-state index in [-0.39, 0.29) is 18.3 Å². The summed E-state index contributed by atoms with van der Waals surface area (Å²) >= 11 is 0.995. The standard InChI is InChI=1S/C12H16F2N2S/c1-6(2)7-3-4-12(13,14)10-9(7)8(5-15)11(16)17-10/h6-7,9-10H,3-4,16H2,1-2H3. The first-order chi connectivity index (χ1) is 7.88. The lowest BCUT2D eigenvalue weighted by Gasteiger charge is -2.40. The second kappa shape index (κ2) is 4.16. The van der Waals surface area contributed by atoms with Gasteiger partial charge >= 0.3 is 0 Å². The van der Waals surface area contributed by atoms with Crippen molar-refractivity contribution in [1.82, 2.24) is 0 Å². The fraction of sp³-hybridized carbons (Fsp3) is 0.750.